The summed E-state index contributed by atoms with van der Waals surface area (Å²) in [7, 11) is 1.46. The second-order valence-corrected chi connectivity index (χ2v) is 8.64. The fourth-order valence-corrected chi connectivity index (χ4v) is 4.20. The first-order chi connectivity index (χ1) is 18.5. The van der Waals surface area contributed by atoms with E-state index in [9.17, 15) is 34.8 Å². The van der Waals surface area contributed by atoms with Gasteiger partial charge in [-0.2, -0.15) is 0 Å². The Morgan fingerprint density at radius 2 is 1.64 bits per heavy atom. The number of hydrogen-bond acceptors (Lipinski definition) is 13. The second-order valence-electron chi connectivity index (χ2n) is 8.64. The molecule has 0 aliphatic carbocycles. The van der Waals surface area contributed by atoms with E-state index in [0.717, 1.165) is 26.0 Å². The molecule has 39 heavy (non-hydrogen) atoms. The summed E-state index contributed by atoms with van der Waals surface area (Å²) in [4.78, 5) is 37.3. The highest BCUT2D eigenvalue weighted by Gasteiger charge is 2.51. The number of benzene rings is 2. The molecule has 208 valence electrons. The molecule has 0 saturated carbocycles. The number of aliphatic hydroxyl groups is 2. The highest BCUT2D eigenvalue weighted by atomic mass is 16.7. The number of aromatic hydroxyl groups is 2. The molecule has 1 aromatic heterocycles. The first-order valence-corrected chi connectivity index (χ1v) is 11.7. The predicted octanol–water partition coefficient (Wildman–Crippen LogP) is 1.20. The SMILES string of the molecule is COc1ccc(-c2oc3cc(O)cc(O)c3c(=O)c2OC2OC(CO)C(O)C(OC(C)=O)C2OC(C)=O)cc1. The van der Waals surface area contributed by atoms with Crippen LogP contribution in [-0.2, 0) is 23.8 Å². The molecule has 1 fully saturated rings. The maximum atomic E-state index is 13.7. The quantitative estimate of drug-likeness (QED) is 0.309. The van der Waals surface area contributed by atoms with Gasteiger partial charge in [-0.3, -0.25) is 14.4 Å². The van der Waals surface area contributed by atoms with Gasteiger partial charge in [0.15, 0.2) is 11.9 Å². The van der Waals surface area contributed by atoms with Gasteiger partial charge in [-0.05, 0) is 24.3 Å². The second kappa shape index (κ2) is 11.2. The fraction of sp³-hybridized carbons (Fsp3) is 0.346. The van der Waals surface area contributed by atoms with E-state index < -0.39 is 66.2 Å². The molecule has 4 N–H and O–H groups in total. The summed E-state index contributed by atoms with van der Waals surface area (Å²) in [6, 6.07) is 8.32. The fourth-order valence-electron chi connectivity index (χ4n) is 4.20. The molecule has 13 heteroatoms. The minimum atomic E-state index is -1.70. The Morgan fingerprint density at radius 1 is 1.00 bits per heavy atom. The number of rotatable bonds is 7. The van der Waals surface area contributed by atoms with Gasteiger partial charge < -0.3 is 48.5 Å². The molecule has 4 rings (SSSR count). The summed E-state index contributed by atoms with van der Waals surface area (Å²) < 4.78 is 33.0. The summed E-state index contributed by atoms with van der Waals surface area (Å²) in [6.45, 7) is 1.38. The number of phenols is 2. The summed E-state index contributed by atoms with van der Waals surface area (Å²) in [5, 5.41) is 40.4. The van der Waals surface area contributed by atoms with Crippen LogP contribution in [-0.4, -0.2) is 76.8 Å². The van der Waals surface area contributed by atoms with Crippen molar-refractivity contribution in [1.82, 2.24) is 0 Å². The molecule has 1 aliphatic heterocycles. The number of hydrogen-bond donors (Lipinski definition) is 4. The molecule has 3 aromatic rings. The van der Waals surface area contributed by atoms with Crippen LogP contribution in [0.25, 0.3) is 22.3 Å². The molecule has 0 spiro atoms. The van der Waals surface area contributed by atoms with Crippen molar-refractivity contribution in [3.8, 4) is 34.3 Å². The smallest absolute Gasteiger partial charge is 0.303 e. The van der Waals surface area contributed by atoms with Crippen molar-refractivity contribution in [3.05, 3.63) is 46.6 Å². The number of esters is 2. The Kier molecular flexibility index (Phi) is 7.95. The van der Waals surface area contributed by atoms with Crippen LogP contribution in [0.4, 0.5) is 0 Å². The van der Waals surface area contributed by atoms with E-state index in [1.165, 1.54) is 7.11 Å². The van der Waals surface area contributed by atoms with Crippen molar-refractivity contribution in [2.75, 3.05) is 13.7 Å². The third-order valence-corrected chi connectivity index (χ3v) is 5.91. The molecule has 13 nitrogen and oxygen atoms in total. The maximum absolute atomic E-state index is 13.7. The maximum Gasteiger partial charge on any atom is 0.303 e. The van der Waals surface area contributed by atoms with Crippen molar-refractivity contribution in [2.45, 2.75) is 44.6 Å². The van der Waals surface area contributed by atoms with Crippen molar-refractivity contribution in [3.63, 3.8) is 0 Å². The zero-order valence-corrected chi connectivity index (χ0v) is 21.0. The summed E-state index contributed by atoms with van der Waals surface area (Å²) in [5.41, 5.74) is -0.749. The highest BCUT2D eigenvalue weighted by molar-refractivity contribution is 5.88. The third-order valence-electron chi connectivity index (χ3n) is 5.91. The van der Waals surface area contributed by atoms with Crippen LogP contribution in [0.3, 0.4) is 0 Å². The number of phenolic OH excluding ortho intramolecular Hbond substituents is 2. The van der Waals surface area contributed by atoms with Crippen LogP contribution >= 0.6 is 0 Å². The Balaban J connectivity index is 1.90. The average molecular weight is 546 g/mol. The van der Waals surface area contributed by atoms with Crippen molar-refractivity contribution in [2.24, 2.45) is 0 Å². The van der Waals surface area contributed by atoms with Crippen molar-refractivity contribution < 1.29 is 58.1 Å². The molecule has 1 aliphatic rings. The van der Waals surface area contributed by atoms with Gasteiger partial charge in [0.05, 0.1) is 13.7 Å². The lowest BCUT2D eigenvalue weighted by molar-refractivity contribution is -0.285. The largest absolute Gasteiger partial charge is 0.508 e. The third kappa shape index (κ3) is 5.60. The van der Waals surface area contributed by atoms with E-state index in [1.54, 1.807) is 24.3 Å². The Bertz CT molecular complexity index is 1430. The average Bonchev–Trinajstić information content (AvgIpc) is 2.88. The number of ether oxygens (including phenoxy) is 5. The Labute approximate surface area is 220 Å². The van der Waals surface area contributed by atoms with Crippen molar-refractivity contribution in [1.29, 1.82) is 0 Å². The summed E-state index contributed by atoms with van der Waals surface area (Å²) in [5.74, 6) is -2.83. The molecule has 0 amide bonds. The van der Waals surface area contributed by atoms with Crippen LogP contribution in [0.5, 0.6) is 23.0 Å². The molecule has 5 atom stereocenters. The van der Waals surface area contributed by atoms with E-state index >= 15 is 0 Å². The van der Waals surface area contributed by atoms with Gasteiger partial charge in [0, 0.05) is 31.5 Å². The van der Waals surface area contributed by atoms with E-state index in [-0.39, 0.29) is 22.5 Å². The first kappa shape index (κ1) is 27.7. The lowest BCUT2D eigenvalue weighted by Crippen LogP contribution is -2.62. The normalized spacial score (nSPS) is 22.7. The van der Waals surface area contributed by atoms with E-state index in [0.29, 0.717) is 11.3 Å². The van der Waals surface area contributed by atoms with Crippen LogP contribution < -0.4 is 14.9 Å². The highest BCUT2D eigenvalue weighted by Crippen LogP contribution is 2.38. The van der Waals surface area contributed by atoms with Crippen LogP contribution in [0.15, 0.2) is 45.6 Å². The molecule has 0 bridgehead atoms. The number of carbonyl (C=O) groups is 2. The minimum absolute atomic E-state index is 0.166. The van der Waals surface area contributed by atoms with Gasteiger partial charge in [0.2, 0.25) is 23.6 Å². The molecule has 2 heterocycles. The molecule has 2 aromatic carbocycles. The van der Waals surface area contributed by atoms with Crippen LogP contribution in [0.2, 0.25) is 0 Å². The van der Waals surface area contributed by atoms with Gasteiger partial charge in [-0.25, -0.2) is 0 Å². The lowest BCUT2D eigenvalue weighted by Gasteiger charge is -2.42. The molecule has 5 unspecified atom stereocenters. The van der Waals surface area contributed by atoms with Crippen LogP contribution in [0.1, 0.15) is 13.8 Å². The van der Waals surface area contributed by atoms with E-state index in [2.05, 4.69) is 0 Å². The topological polar surface area (TPSA) is 191 Å². The Hall–Kier alpha value is -4.33. The summed E-state index contributed by atoms with van der Waals surface area (Å²) >= 11 is 0. The Morgan fingerprint density at radius 3 is 2.23 bits per heavy atom. The minimum Gasteiger partial charge on any atom is -0.508 e. The van der Waals surface area contributed by atoms with Gasteiger partial charge in [-0.1, -0.05) is 0 Å². The summed E-state index contributed by atoms with van der Waals surface area (Å²) in [6.07, 6.45) is -7.81. The zero-order valence-electron chi connectivity index (χ0n) is 21.0. The number of methoxy groups -OCH3 is 1. The van der Waals surface area contributed by atoms with E-state index in [4.69, 9.17) is 28.1 Å². The van der Waals surface area contributed by atoms with E-state index in [1.807, 2.05) is 0 Å². The monoisotopic (exact) mass is 546 g/mol. The number of fused-ring (bicyclic) bond motifs is 1. The lowest BCUT2D eigenvalue weighted by atomic mass is 9.98. The molecule has 1 saturated heterocycles. The van der Waals surface area contributed by atoms with Gasteiger partial charge >= 0.3 is 11.9 Å². The number of carbonyl (C=O) groups excluding carboxylic acids is 2. The molecular weight excluding hydrogens is 520 g/mol. The zero-order chi connectivity index (χ0) is 28.4. The standard InChI is InChI=1S/C26H26O13/c1-11(28)35-23-20(32)18(10-27)38-26(25(23)36-12(2)29)39-24-21(33)19-16(31)8-14(30)9-17(19)37-22(24)13-4-6-15(34-3)7-5-13/h4-9,18,20,23,25-27,30-32H,10H2,1-3H3. The molecular formula is C26H26O13. The van der Waals surface area contributed by atoms with Gasteiger partial charge in [0.1, 0.15) is 40.4 Å². The predicted molar refractivity (Wildman–Crippen MR) is 131 cm³/mol. The van der Waals surface area contributed by atoms with Gasteiger partial charge in [0.25, 0.3) is 0 Å². The van der Waals surface area contributed by atoms with Gasteiger partial charge in [-0.15, -0.1) is 0 Å². The van der Waals surface area contributed by atoms with Crippen LogP contribution in [0, 0.1) is 0 Å². The van der Waals surface area contributed by atoms with Crippen molar-refractivity contribution >= 4 is 22.9 Å². The number of aliphatic hydroxyl groups excluding tert-OH is 2. The molecule has 0 radical (unpaired) electrons. The first-order valence-electron chi connectivity index (χ1n) is 11.7.